The van der Waals surface area contributed by atoms with Gasteiger partial charge in [-0.3, -0.25) is 4.79 Å². The zero-order valence-corrected chi connectivity index (χ0v) is 13.8. The predicted octanol–water partition coefficient (Wildman–Crippen LogP) is 1.50. The van der Waals surface area contributed by atoms with E-state index in [1.807, 2.05) is 0 Å². The van der Waals surface area contributed by atoms with Crippen LogP contribution in [0.2, 0.25) is 0 Å². The highest BCUT2D eigenvalue weighted by molar-refractivity contribution is 7.91. The topological polar surface area (TPSA) is 63.7 Å². The quantitative estimate of drug-likeness (QED) is 0.736. The second-order valence-corrected chi connectivity index (χ2v) is 7.69. The van der Waals surface area contributed by atoms with E-state index in [0.29, 0.717) is 25.1 Å². The molecule has 0 aliphatic carbocycles. The van der Waals surface area contributed by atoms with Gasteiger partial charge >= 0.3 is 0 Å². The minimum atomic E-state index is -3.07. The van der Waals surface area contributed by atoms with Crippen LogP contribution >= 0.6 is 0 Å². The van der Waals surface area contributed by atoms with E-state index in [9.17, 15) is 17.6 Å². The third kappa shape index (κ3) is 5.14. The lowest BCUT2D eigenvalue weighted by molar-refractivity contribution is -0.128. The van der Waals surface area contributed by atoms with E-state index in [1.54, 1.807) is 18.2 Å². The molecule has 0 spiro atoms. The van der Waals surface area contributed by atoms with E-state index in [4.69, 9.17) is 4.74 Å². The SMILES string of the molecule is COCCN(C(=O)/C=C/c1ccc(F)cc1)C1CCS(=O)(=O)C1. The number of hydrogen-bond acceptors (Lipinski definition) is 4. The highest BCUT2D eigenvalue weighted by atomic mass is 32.2. The Kier molecular flexibility index (Phi) is 5.90. The second kappa shape index (κ2) is 7.70. The van der Waals surface area contributed by atoms with Gasteiger partial charge in [-0.15, -0.1) is 0 Å². The Morgan fingerprint density at radius 1 is 1.39 bits per heavy atom. The summed E-state index contributed by atoms with van der Waals surface area (Å²) in [5.74, 6) is -0.511. The van der Waals surface area contributed by atoms with Crippen LogP contribution in [0, 0.1) is 5.82 Å². The van der Waals surface area contributed by atoms with E-state index in [-0.39, 0.29) is 29.3 Å². The number of carbonyl (C=O) groups excluding carboxylic acids is 1. The first-order valence-electron chi connectivity index (χ1n) is 7.35. The summed E-state index contributed by atoms with van der Waals surface area (Å²) in [6, 6.07) is 5.45. The lowest BCUT2D eigenvalue weighted by Gasteiger charge is -2.26. The van der Waals surface area contributed by atoms with Gasteiger partial charge in [0.25, 0.3) is 0 Å². The smallest absolute Gasteiger partial charge is 0.246 e. The molecule has 7 heteroatoms. The molecule has 1 heterocycles. The van der Waals surface area contributed by atoms with Crippen molar-refractivity contribution in [2.45, 2.75) is 12.5 Å². The summed E-state index contributed by atoms with van der Waals surface area (Å²) in [5, 5.41) is 0. The Labute approximate surface area is 135 Å². The van der Waals surface area contributed by atoms with Crippen molar-refractivity contribution in [2.75, 3.05) is 31.8 Å². The molecule has 1 aromatic carbocycles. The molecule has 0 N–H and O–H groups in total. The average molecular weight is 341 g/mol. The van der Waals surface area contributed by atoms with Crippen molar-refractivity contribution in [2.24, 2.45) is 0 Å². The third-order valence-electron chi connectivity index (χ3n) is 3.76. The van der Waals surface area contributed by atoms with Crippen LogP contribution in [0.1, 0.15) is 12.0 Å². The Hall–Kier alpha value is -1.73. The summed E-state index contributed by atoms with van der Waals surface area (Å²) in [6.45, 7) is 0.677. The summed E-state index contributed by atoms with van der Waals surface area (Å²) < 4.78 is 41.1. The lowest BCUT2D eigenvalue weighted by atomic mass is 10.2. The zero-order chi connectivity index (χ0) is 16.9. The first-order chi connectivity index (χ1) is 10.9. The van der Waals surface area contributed by atoms with Gasteiger partial charge < -0.3 is 9.64 Å². The third-order valence-corrected chi connectivity index (χ3v) is 5.51. The Balaban J connectivity index is 2.08. The number of halogens is 1. The fourth-order valence-electron chi connectivity index (χ4n) is 2.52. The van der Waals surface area contributed by atoms with Gasteiger partial charge in [-0.1, -0.05) is 12.1 Å². The first kappa shape index (κ1) is 17.6. The monoisotopic (exact) mass is 341 g/mol. The van der Waals surface area contributed by atoms with Crippen molar-refractivity contribution in [1.29, 1.82) is 0 Å². The number of hydrogen-bond donors (Lipinski definition) is 0. The summed E-state index contributed by atoms with van der Waals surface area (Å²) in [6.07, 6.45) is 3.42. The van der Waals surface area contributed by atoms with Crippen LogP contribution in [0.25, 0.3) is 6.08 Å². The number of benzene rings is 1. The molecule has 2 rings (SSSR count). The van der Waals surface area contributed by atoms with E-state index >= 15 is 0 Å². The van der Waals surface area contributed by atoms with Crippen LogP contribution in [0.5, 0.6) is 0 Å². The summed E-state index contributed by atoms with van der Waals surface area (Å²) in [4.78, 5) is 13.9. The van der Waals surface area contributed by atoms with E-state index in [0.717, 1.165) is 0 Å². The standard InChI is InChI=1S/C16H20FNO4S/c1-22-10-9-18(15-8-11-23(20,21)12-15)16(19)7-4-13-2-5-14(17)6-3-13/h2-7,15H,8-12H2,1H3/b7-4+. The number of sulfone groups is 1. The van der Waals surface area contributed by atoms with Crippen LogP contribution in [0.4, 0.5) is 4.39 Å². The molecule has 23 heavy (non-hydrogen) atoms. The van der Waals surface area contributed by atoms with E-state index in [1.165, 1.54) is 30.2 Å². The molecule has 0 radical (unpaired) electrons. The molecule has 126 valence electrons. The zero-order valence-electron chi connectivity index (χ0n) is 12.9. The molecule has 1 aromatic rings. The van der Waals surface area contributed by atoms with Gasteiger partial charge in [-0.2, -0.15) is 0 Å². The Morgan fingerprint density at radius 2 is 2.09 bits per heavy atom. The Bertz CT molecular complexity index is 670. The van der Waals surface area contributed by atoms with Crippen molar-refractivity contribution in [3.8, 4) is 0 Å². The molecule has 0 bridgehead atoms. The summed E-state index contributed by atoms with van der Waals surface area (Å²) in [5.41, 5.74) is 0.700. The van der Waals surface area contributed by atoms with Gasteiger partial charge in [0.1, 0.15) is 5.82 Å². The average Bonchev–Trinajstić information content (AvgIpc) is 2.87. The number of nitrogens with zero attached hydrogens (tertiary/aromatic N) is 1. The van der Waals surface area contributed by atoms with Crippen LogP contribution in [-0.2, 0) is 19.4 Å². The molecular weight excluding hydrogens is 321 g/mol. The van der Waals surface area contributed by atoms with Gasteiger partial charge in [-0.05, 0) is 30.2 Å². The normalized spacial score (nSPS) is 20.0. The fourth-order valence-corrected chi connectivity index (χ4v) is 4.25. The van der Waals surface area contributed by atoms with Crippen LogP contribution in [-0.4, -0.2) is 57.0 Å². The molecule has 1 saturated heterocycles. The maximum atomic E-state index is 12.9. The van der Waals surface area contributed by atoms with Crippen molar-refractivity contribution in [3.05, 3.63) is 41.7 Å². The maximum absolute atomic E-state index is 12.9. The molecule has 0 saturated carbocycles. The minimum absolute atomic E-state index is 0.00710. The molecule has 5 nitrogen and oxygen atoms in total. The number of methoxy groups -OCH3 is 1. The van der Waals surface area contributed by atoms with Crippen molar-refractivity contribution >= 4 is 21.8 Å². The molecule has 1 aliphatic rings. The van der Waals surface area contributed by atoms with E-state index < -0.39 is 9.84 Å². The highest BCUT2D eigenvalue weighted by Gasteiger charge is 2.33. The lowest BCUT2D eigenvalue weighted by Crippen LogP contribution is -2.42. The van der Waals surface area contributed by atoms with Gasteiger partial charge in [0.15, 0.2) is 9.84 Å². The predicted molar refractivity (Wildman–Crippen MR) is 86.1 cm³/mol. The molecule has 1 atom stereocenters. The summed E-state index contributed by atoms with van der Waals surface area (Å²) >= 11 is 0. The van der Waals surface area contributed by atoms with Gasteiger partial charge in [-0.25, -0.2) is 12.8 Å². The molecule has 1 fully saturated rings. The molecule has 1 amide bonds. The van der Waals surface area contributed by atoms with Gasteiger partial charge in [0, 0.05) is 25.8 Å². The van der Waals surface area contributed by atoms with Gasteiger partial charge in [0.2, 0.25) is 5.91 Å². The highest BCUT2D eigenvalue weighted by Crippen LogP contribution is 2.18. The molecule has 1 unspecified atom stereocenters. The van der Waals surface area contributed by atoms with Crippen LogP contribution in [0.3, 0.4) is 0 Å². The van der Waals surface area contributed by atoms with Crippen LogP contribution < -0.4 is 0 Å². The molecule has 1 aliphatic heterocycles. The van der Waals surface area contributed by atoms with Crippen molar-refractivity contribution < 1.29 is 22.3 Å². The second-order valence-electron chi connectivity index (χ2n) is 5.47. The number of rotatable bonds is 6. The summed E-state index contributed by atoms with van der Waals surface area (Å²) in [7, 11) is -1.54. The van der Waals surface area contributed by atoms with Gasteiger partial charge in [0.05, 0.1) is 18.1 Å². The van der Waals surface area contributed by atoms with Crippen molar-refractivity contribution in [3.63, 3.8) is 0 Å². The molecule has 0 aromatic heterocycles. The van der Waals surface area contributed by atoms with E-state index in [2.05, 4.69) is 0 Å². The number of ether oxygens (including phenoxy) is 1. The maximum Gasteiger partial charge on any atom is 0.246 e. The first-order valence-corrected chi connectivity index (χ1v) is 9.17. The van der Waals surface area contributed by atoms with Crippen molar-refractivity contribution in [1.82, 2.24) is 4.90 Å². The van der Waals surface area contributed by atoms with Crippen LogP contribution in [0.15, 0.2) is 30.3 Å². The largest absolute Gasteiger partial charge is 0.383 e. The molecular formula is C16H20FNO4S. The number of carbonyl (C=O) groups is 1. The Morgan fingerprint density at radius 3 is 2.65 bits per heavy atom. The number of amides is 1. The minimum Gasteiger partial charge on any atom is -0.383 e. The fraction of sp³-hybridized carbons (Fsp3) is 0.438.